The highest BCUT2D eigenvalue weighted by atomic mass is 35.5. The molecule has 6 rings (SSSR count). The van der Waals surface area contributed by atoms with E-state index in [1.54, 1.807) is 37.0 Å². The van der Waals surface area contributed by atoms with Crippen LogP contribution in [0.4, 0.5) is 21.8 Å². The van der Waals surface area contributed by atoms with Gasteiger partial charge in [0.2, 0.25) is 11.9 Å². The summed E-state index contributed by atoms with van der Waals surface area (Å²) in [6.45, 7) is 14.3. The average Bonchev–Trinajstić information content (AvgIpc) is 3.96. The number of anilines is 3. The molecular formula is C51H75ClFN9O7S2. The number of rotatable bonds is 22. The Labute approximate surface area is 433 Å². The van der Waals surface area contributed by atoms with Crippen LogP contribution in [0, 0.1) is 5.92 Å². The second kappa shape index (κ2) is 31.1. The van der Waals surface area contributed by atoms with Gasteiger partial charge in [-0.2, -0.15) is 16.7 Å². The lowest BCUT2D eigenvalue weighted by atomic mass is 9.94. The first-order valence-electron chi connectivity index (χ1n) is 23.7. The SMILES string of the molecule is C=N/C(C)=C(\SC)c1ccc(CNC)cc1.CN1CCC(CCOCCSC(C)(C)C(NC(=O)C2(F)CC2)C(=O)N2CCC[C@H]2C=O)CC1.CNc1nc(Nc2ccc(C=O)cc2OC)ncc1Cl.CO. The Morgan fingerprint density at radius 1 is 1.08 bits per heavy atom. The highest BCUT2D eigenvalue weighted by Crippen LogP contribution is 2.41. The van der Waals surface area contributed by atoms with Crippen LogP contribution >= 0.6 is 35.1 Å². The maximum atomic E-state index is 14.4. The number of nitrogens with zero attached hydrogens (tertiary/aromatic N) is 5. The predicted molar refractivity (Wildman–Crippen MR) is 289 cm³/mol. The van der Waals surface area contributed by atoms with Gasteiger partial charge in [-0.05, 0) is 141 Å². The highest BCUT2D eigenvalue weighted by Gasteiger charge is 2.53. The van der Waals surface area contributed by atoms with Crippen molar-refractivity contribution in [1.29, 1.82) is 0 Å². The lowest BCUT2D eigenvalue weighted by Gasteiger charge is -2.37. The lowest BCUT2D eigenvalue weighted by molar-refractivity contribution is -0.140. The summed E-state index contributed by atoms with van der Waals surface area (Å²) in [5.74, 6) is 1.79. The first-order chi connectivity index (χ1) is 34.1. The molecule has 2 saturated heterocycles. The number of piperidine rings is 1. The number of aliphatic hydroxyl groups is 1. The Morgan fingerprint density at radius 2 is 1.77 bits per heavy atom. The predicted octanol–water partition coefficient (Wildman–Crippen LogP) is 7.93. The number of aldehydes is 2. The van der Waals surface area contributed by atoms with Gasteiger partial charge in [0.15, 0.2) is 5.67 Å². The van der Waals surface area contributed by atoms with Crippen molar-refractivity contribution in [3.8, 4) is 5.75 Å². The number of likely N-dealkylation sites (tertiary alicyclic amines) is 2. The number of methoxy groups -OCH3 is 1. The van der Waals surface area contributed by atoms with E-state index in [9.17, 15) is 23.6 Å². The van der Waals surface area contributed by atoms with Gasteiger partial charge in [-0.1, -0.05) is 35.9 Å². The summed E-state index contributed by atoms with van der Waals surface area (Å²) < 4.78 is 24.8. The van der Waals surface area contributed by atoms with Crippen molar-refractivity contribution in [2.75, 3.05) is 90.9 Å². The summed E-state index contributed by atoms with van der Waals surface area (Å²) in [6.07, 6.45) is 10.4. The molecule has 71 heavy (non-hydrogen) atoms. The zero-order valence-corrected chi connectivity index (χ0v) is 45.2. The summed E-state index contributed by atoms with van der Waals surface area (Å²) in [5.41, 5.74) is 2.80. The van der Waals surface area contributed by atoms with Gasteiger partial charge < -0.3 is 50.4 Å². The average molecular weight is 1040 g/mol. The molecule has 392 valence electrons. The number of carbonyl (C=O) groups excluding carboxylic acids is 4. The number of aliphatic hydroxyl groups excluding tert-OH is 1. The van der Waals surface area contributed by atoms with Crippen molar-refractivity contribution in [2.45, 2.75) is 94.8 Å². The van der Waals surface area contributed by atoms with Crippen LogP contribution in [-0.4, -0.2) is 159 Å². The molecule has 3 aromatic rings. The molecule has 3 heterocycles. The van der Waals surface area contributed by atoms with Gasteiger partial charge in [0.05, 0.1) is 37.3 Å². The van der Waals surface area contributed by atoms with E-state index in [0.29, 0.717) is 59.1 Å². The molecule has 5 N–H and O–H groups in total. The van der Waals surface area contributed by atoms with E-state index in [2.05, 4.69) is 85.4 Å². The highest BCUT2D eigenvalue weighted by molar-refractivity contribution is 8.07. The van der Waals surface area contributed by atoms with Gasteiger partial charge in [0.1, 0.15) is 35.2 Å². The zero-order chi connectivity index (χ0) is 52.6. The van der Waals surface area contributed by atoms with E-state index in [4.69, 9.17) is 26.2 Å². The summed E-state index contributed by atoms with van der Waals surface area (Å²) >= 11 is 9.16. The summed E-state index contributed by atoms with van der Waals surface area (Å²) in [6, 6.07) is 12.2. The molecule has 3 fully saturated rings. The normalized spacial score (nSPS) is 17.0. The van der Waals surface area contributed by atoms with Crippen molar-refractivity contribution >= 4 is 88.6 Å². The van der Waals surface area contributed by atoms with Crippen molar-refractivity contribution in [2.24, 2.45) is 10.9 Å². The molecule has 1 aromatic heterocycles. The first kappa shape index (κ1) is 60.7. The number of halogens is 2. The minimum absolute atomic E-state index is 0.194. The van der Waals surface area contributed by atoms with E-state index in [1.807, 2.05) is 27.8 Å². The fraction of sp³-hybridized carbons (Fsp3) is 0.549. The number of aromatic nitrogens is 2. The third-order valence-corrected chi connectivity index (χ3v) is 14.8. The summed E-state index contributed by atoms with van der Waals surface area (Å²) in [7, 11) is 8.36. The number of benzene rings is 2. The standard InChI is InChI=1S/C24H40FN3O4S.C13H13ClN4O2.C13H18N2S.CH4O/c1-23(2,33-16-15-32-14-8-18-6-12-27(3)13-7-18)20(26-22(31)24(25)9-10-24)21(30)28-11-4-5-19(28)17-29;1-15-12-9(14)6-16-13(18-12)17-10-4-3-8(7-19)5-11(10)20-2;1-10(15-3)13(16-4)12-7-5-11(6-8-12)9-14-2;1-2/h17-20H,4-16H2,1-3H3,(H,26,31);3-7H,1-2H3,(H2,15,16,17,18);5-8,14H,3,9H2,1-2,4H3;2H,1H3/b;;13-10-;/t19-,20?;;;/m0.../s1. The first-order valence-corrected chi connectivity index (χ1v) is 26.3. The Kier molecular flexibility index (Phi) is 26.6. The fourth-order valence-corrected chi connectivity index (χ4v) is 9.76. The smallest absolute Gasteiger partial charge is 0.258 e. The van der Waals surface area contributed by atoms with Crippen molar-refractivity contribution in [3.05, 3.63) is 76.1 Å². The van der Waals surface area contributed by atoms with Crippen molar-refractivity contribution in [1.82, 2.24) is 30.4 Å². The number of allylic oxidation sites excluding steroid dienone is 1. The molecule has 2 aliphatic heterocycles. The lowest BCUT2D eigenvalue weighted by Crippen LogP contribution is -2.59. The van der Waals surface area contributed by atoms with Crippen molar-refractivity contribution in [3.63, 3.8) is 0 Å². The molecule has 0 radical (unpaired) electrons. The molecule has 1 saturated carbocycles. The Bertz CT molecular complexity index is 2200. The number of hydrogen-bond donors (Lipinski definition) is 5. The van der Waals surface area contributed by atoms with Crippen LogP contribution in [0.3, 0.4) is 0 Å². The van der Waals surface area contributed by atoms with Gasteiger partial charge >= 0.3 is 0 Å². The van der Waals surface area contributed by atoms with Crippen molar-refractivity contribution < 1.29 is 38.1 Å². The summed E-state index contributed by atoms with van der Waals surface area (Å²) in [5, 5.41) is 19.1. The van der Waals surface area contributed by atoms with E-state index in [-0.39, 0.29) is 18.7 Å². The number of thioether (sulfide) groups is 2. The van der Waals surface area contributed by atoms with Crippen LogP contribution in [0.5, 0.6) is 5.75 Å². The number of aliphatic imine (C=N–C) groups is 1. The molecular weight excluding hydrogens is 969 g/mol. The molecule has 2 atom stereocenters. The number of nitrogens with one attached hydrogen (secondary N) is 4. The second-order valence-electron chi connectivity index (χ2n) is 17.7. The topological polar surface area (TPSA) is 200 Å². The van der Waals surface area contributed by atoms with E-state index in [0.717, 1.165) is 70.4 Å². The number of ether oxygens (including phenoxy) is 2. The number of hydrogen-bond acceptors (Lipinski definition) is 16. The van der Waals surface area contributed by atoms with E-state index >= 15 is 0 Å². The molecule has 16 nitrogen and oxygen atoms in total. The number of carbonyl (C=O) groups is 4. The minimum Gasteiger partial charge on any atom is -0.495 e. The fourth-order valence-electron chi connectivity index (χ4n) is 7.79. The number of alkyl halides is 1. The molecule has 0 bridgehead atoms. The zero-order valence-electron chi connectivity index (χ0n) is 42.8. The molecule has 2 amide bonds. The molecule has 1 unspecified atom stereocenters. The Balaban J connectivity index is 0.000000299. The van der Waals surface area contributed by atoms with Gasteiger partial charge in [-0.25, -0.2) is 9.37 Å². The van der Waals surface area contributed by atoms with Crippen LogP contribution in [0.1, 0.15) is 87.2 Å². The third-order valence-electron chi connectivity index (χ3n) is 12.2. The molecule has 2 aromatic carbocycles. The molecule has 0 spiro atoms. The summed E-state index contributed by atoms with van der Waals surface area (Å²) in [4.78, 5) is 65.4. The third kappa shape index (κ3) is 19.1. The molecule has 20 heteroatoms. The minimum atomic E-state index is -1.86. The van der Waals surface area contributed by atoms with E-state index in [1.165, 1.54) is 58.8 Å². The van der Waals surface area contributed by atoms with Gasteiger partial charge in [-0.15, -0.1) is 11.8 Å². The van der Waals surface area contributed by atoms with Crippen LogP contribution in [0.15, 0.2) is 59.4 Å². The monoisotopic (exact) mass is 1040 g/mol. The van der Waals surface area contributed by atoms with Gasteiger partial charge in [0, 0.05) is 54.8 Å². The van der Waals surface area contributed by atoms with Crippen LogP contribution < -0.4 is 26.0 Å². The van der Waals surface area contributed by atoms with Crippen LogP contribution in [-0.2, 0) is 25.7 Å². The number of amides is 2. The van der Waals surface area contributed by atoms with Gasteiger partial charge in [-0.3, -0.25) is 19.4 Å². The van der Waals surface area contributed by atoms with Crippen LogP contribution in [0.25, 0.3) is 4.91 Å². The molecule has 1 aliphatic carbocycles. The largest absolute Gasteiger partial charge is 0.495 e. The second-order valence-corrected chi connectivity index (χ2v) is 20.7. The van der Waals surface area contributed by atoms with E-state index < -0.39 is 28.4 Å². The Morgan fingerprint density at radius 3 is 2.35 bits per heavy atom. The van der Waals surface area contributed by atoms with Crippen LogP contribution in [0.2, 0.25) is 5.02 Å². The van der Waals surface area contributed by atoms with Gasteiger partial charge in [0.25, 0.3) is 5.91 Å². The molecule has 3 aliphatic rings. The Hall–Kier alpha value is -4.63. The quantitative estimate of drug-likeness (QED) is 0.0369. The maximum Gasteiger partial charge on any atom is 0.258 e. The maximum absolute atomic E-state index is 14.4.